The van der Waals surface area contributed by atoms with Crippen molar-refractivity contribution in [3.63, 3.8) is 0 Å². The molecule has 8 heteroatoms. The zero-order chi connectivity index (χ0) is 20.3. The Labute approximate surface area is 176 Å². The van der Waals surface area contributed by atoms with Crippen LogP contribution in [-0.4, -0.2) is 29.0 Å². The average Bonchev–Trinajstić information content (AvgIpc) is 3.39. The summed E-state index contributed by atoms with van der Waals surface area (Å²) in [5, 5.41) is 2.99. The fourth-order valence-electron chi connectivity index (χ4n) is 3.34. The summed E-state index contributed by atoms with van der Waals surface area (Å²) in [6.45, 7) is 2.71. The summed E-state index contributed by atoms with van der Waals surface area (Å²) in [6, 6.07) is 14.2. The number of nitrogens with one attached hydrogen (secondary N) is 1. The summed E-state index contributed by atoms with van der Waals surface area (Å²) in [5.74, 6) is 0. The van der Waals surface area contributed by atoms with E-state index in [4.69, 9.17) is 0 Å². The van der Waals surface area contributed by atoms with Crippen LogP contribution in [-0.2, 0) is 12.7 Å². The molecule has 0 saturated carbocycles. The minimum Gasteiger partial charge on any atom is -0.297 e. The van der Waals surface area contributed by atoms with Crippen molar-refractivity contribution in [1.29, 1.82) is 0 Å². The summed E-state index contributed by atoms with van der Waals surface area (Å²) >= 11 is 2.90. The van der Waals surface area contributed by atoms with Gasteiger partial charge in [0.05, 0.1) is 5.56 Å². The van der Waals surface area contributed by atoms with Crippen LogP contribution >= 0.6 is 23.3 Å². The molecule has 29 heavy (non-hydrogen) atoms. The Hall–Kier alpha value is -1.87. The molecule has 1 unspecified atom stereocenters. The average molecular weight is 436 g/mol. The van der Waals surface area contributed by atoms with Gasteiger partial charge in [0, 0.05) is 47.7 Å². The largest absolute Gasteiger partial charge is 0.416 e. The summed E-state index contributed by atoms with van der Waals surface area (Å²) in [5.41, 5.74) is 1.76. The number of alkyl halides is 3. The highest BCUT2D eigenvalue weighted by Crippen LogP contribution is 2.31. The second-order valence-corrected chi connectivity index (χ2v) is 8.81. The zero-order valence-electron chi connectivity index (χ0n) is 15.5. The van der Waals surface area contributed by atoms with Gasteiger partial charge in [-0.25, -0.2) is 4.98 Å². The first-order valence-electron chi connectivity index (χ1n) is 9.28. The minimum atomic E-state index is -4.31. The van der Waals surface area contributed by atoms with Gasteiger partial charge in [0.2, 0.25) is 0 Å². The highest BCUT2D eigenvalue weighted by molar-refractivity contribution is 7.97. The molecule has 152 valence electrons. The fraction of sp³-hybridized carbons (Fsp3) is 0.286. The molecule has 0 amide bonds. The molecule has 0 bridgehead atoms. The van der Waals surface area contributed by atoms with Gasteiger partial charge in [-0.2, -0.15) is 13.2 Å². The van der Waals surface area contributed by atoms with Crippen LogP contribution in [0.4, 0.5) is 13.2 Å². The molecule has 2 aromatic carbocycles. The van der Waals surface area contributed by atoms with E-state index in [1.54, 1.807) is 17.4 Å². The zero-order valence-corrected chi connectivity index (χ0v) is 17.2. The van der Waals surface area contributed by atoms with Gasteiger partial charge in [0.1, 0.15) is 5.01 Å². The number of rotatable bonds is 6. The van der Waals surface area contributed by atoms with Crippen molar-refractivity contribution >= 4 is 23.3 Å². The maximum absolute atomic E-state index is 12.8. The van der Waals surface area contributed by atoms with Gasteiger partial charge in [-0.1, -0.05) is 30.3 Å². The third kappa shape index (κ3) is 5.39. The summed E-state index contributed by atoms with van der Waals surface area (Å²) < 4.78 is 41.8. The van der Waals surface area contributed by atoms with Gasteiger partial charge in [0.25, 0.3) is 0 Å². The van der Waals surface area contributed by atoms with Gasteiger partial charge in [-0.3, -0.25) is 9.62 Å². The number of hydrogen-bond donors (Lipinski definition) is 1. The molecular formula is C21H20F3N3S2. The minimum absolute atomic E-state index is 0.254. The van der Waals surface area contributed by atoms with Crippen molar-refractivity contribution in [3.8, 4) is 10.6 Å². The number of halogens is 3. The van der Waals surface area contributed by atoms with Gasteiger partial charge >= 0.3 is 6.18 Å². The number of benzene rings is 2. The van der Waals surface area contributed by atoms with E-state index in [-0.39, 0.29) is 6.04 Å². The topological polar surface area (TPSA) is 28.2 Å². The molecular weight excluding hydrogens is 415 g/mol. The third-order valence-corrected chi connectivity index (χ3v) is 6.58. The Morgan fingerprint density at radius 2 is 2.00 bits per heavy atom. The number of nitrogens with zero attached hydrogens (tertiary/aromatic N) is 2. The number of aromatic nitrogens is 1. The van der Waals surface area contributed by atoms with E-state index in [0.29, 0.717) is 4.90 Å². The summed E-state index contributed by atoms with van der Waals surface area (Å²) in [7, 11) is 0. The highest BCUT2D eigenvalue weighted by atomic mass is 32.2. The molecule has 0 radical (unpaired) electrons. The first-order valence-corrected chi connectivity index (χ1v) is 11.0. The number of likely N-dealkylation sites (tertiary alicyclic amines) is 1. The predicted octanol–water partition coefficient (Wildman–Crippen LogP) is 5.70. The lowest BCUT2D eigenvalue weighted by atomic mass is 10.1. The number of hydrogen-bond acceptors (Lipinski definition) is 5. The second kappa shape index (κ2) is 8.87. The van der Waals surface area contributed by atoms with Crippen LogP contribution in [0.5, 0.6) is 0 Å². The Morgan fingerprint density at radius 1 is 1.17 bits per heavy atom. The first-order chi connectivity index (χ1) is 14.0. The van der Waals surface area contributed by atoms with Gasteiger partial charge in [-0.05, 0) is 42.1 Å². The predicted molar refractivity (Wildman–Crippen MR) is 112 cm³/mol. The first kappa shape index (κ1) is 20.4. The third-order valence-electron chi connectivity index (χ3n) is 4.82. The molecule has 1 fully saturated rings. The van der Waals surface area contributed by atoms with Gasteiger partial charge in [-0.15, -0.1) is 11.3 Å². The number of thiazole rings is 1. The normalized spacial score (nSPS) is 17.7. The Kier molecular flexibility index (Phi) is 6.24. The van der Waals surface area contributed by atoms with E-state index in [1.165, 1.54) is 29.6 Å². The lowest BCUT2D eigenvalue weighted by Gasteiger charge is -2.17. The van der Waals surface area contributed by atoms with E-state index < -0.39 is 11.7 Å². The Balaban J connectivity index is 1.27. The Morgan fingerprint density at radius 3 is 2.72 bits per heavy atom. The monoisotopic (exact) mass is 435 g/mol. The van der Waals surface area contributed by atoms with Crippen molar-refractivity contribution in [2.24, 2.45) is 0 Å². The van der Waals surface area contributed by atoms with E-state index in [9.17, 15) is 13.2 Å². The van der Waals surface area contributed by atoms with Crippen molar-refractivity contribution < 1.29 is 13.2 Å². The molecule has 3 nitrogen and oxygen atoms in total. The molecule has 1 saturated heterocycles. The van der Waals surface area contributed by atoms with Crippen LogP contribution in [0.3, 0.4) is 0 Å². The summed E-state index contributed by atoms with van der Waals surface area (Å²) in [4.78, 5) is 7.27. The van der Waals surface area contributed by atoms with E-state index >= 15 is 0 Å². The van der Waals surface area contributed by atoms with Gasteiger partial charge in [0.15, 0.2) is 0 Å². The quantitative estimate of drug-likeness (QED) is 0.503. The van der Waals surface area contributed by atoms with Crippen LogP contribution < -0.4 is 4.72 Å². The Bertz CT molecular complexity index is 927. The van der Waals surface area contributed by atoms with Crippen LogP contribution in [0.15, 0.2) is 65.0 Å². The van der Waals surface area contributed by atoms with E-state index in [1.807, 2.05) is 11.6 Å². The van der Waals surface area contributed by atoms with Crippen molar-refractivity contribution in [2.45, 2.75) is 30.1 Å². The second-order valence-electron chi connectivity index (χ2n) is 7.00. The smallest absolute Gasteiger partial charge is 0.297 e. The lowest BCUT2D eigenvalue weighted by Crippen LogP contribution is -2.28. The van der Waals surface area contributed by atoms with Crippen LogP contribution in [0, 0.1) is 0 Å². The molecule has 4 rings (SSSR count). The van der Waals surface area contributed by atoms with Crippen LogP contribution in [0.25, 0.3) is 10.6 Å². The standard InChI is InChI=1S/C21H20F3N3S2/c22-21(23,24)17-2-1-3-19(12-17)29-26-18-8-10-27(14-18)13-15-4-6-16(7-5-15)20-25-9-11-28-20/h1-7,9,11-12,18,26H,8,10,13-14H2. The lowest BCUT2D eigenvalue weighted by molar-refractivity contribution is -0.137. The van der Waals surface area contributed by atoms with Crippen molar-refractivity contribution in [3.05, 3.63) is 71.2 Å². The van der Waals surface area contributed by atoms with Gasteiger partial charge < -0.3 is 0 Å². The van der Waals surface area contributed by atoms with E-state index in [0.717, 1.165) is 42.7 Å². The summed E-state index contributed by atoms with van der Waals surface area (Å²) in [6.07, 6.45) is -1.53. The SMILES string of the molecule is FC(F)(F)c1cccc(SNC2CCN(Cc3ccc(-c4nccs4)cc3)C2)c1. The molecule has 1 aliphatic heterocycles. The fourth-order valence-corrected chi connectivity index (χ4v) is 4.81. The van der Waals surface area contributed by atoms with Crippen molar-refractivity contribution in [2.75, 3.05) is 13.1 Å². The molecule has 0 aliphatic carbocycles. The highest BCUT2D eigenvalue weighted by Gasteiger charge is 2.30. The molecule has 1 aromatic heterocycles. The maximum Gasteiger partial charge on any atom is 0.416 e. The van der Waals surface area contributed by atoms with Crippen LogP contribution in [0.1, 0.15) is 17.5 Å². The van der Waals surface area contributed by atoms with E-state index in [2.05, 4.69) is 38.9 Å². The maximum atomic E-state index is 12.8. The molecule has 1 aliphatic rings. The molecule has 1 N–H and O–H groups in total. The molecule has 1 atom stereocenters. The molecule has 0 spiro atoms. The van der Waals surface area contributed by atoms with Crippen LogP contribution in [0.2, 0.25) is 0 Å². The molecule has 2 heterocycles. The molecule has 3 aromatic rings. The van der Waals surface area contributed by atoms with Crippen molar-refractivity contribution in [1.82, 2.24) is 14.6 Å².